The van der Waals surface area contributed by atoms with E-state index in [1.54, 1.807) is 4.90 Å². The van der Waals surface area contributed by atoms with Crippen LogP contribution in [0.4, 0.5) is 4.79 Å². The van der Waals surface area contributed by atoms with Crippen molar-refractivity contribution in [3.8, 4) is 0 Å². The van der Waals surface area contributed by atoms with Crippen LogP contribution < -0.4 is 9.86 Å². The third-order valence-corrected chi connectivity index (χ3v) is 3.41. The summed E-state index contributed by atoms with van der Waals surface area (Å²) < 4.78 is 29.1. The minimum atomic E-state index is -3.63. The van der Waals surface area contributed by atoms with Gasteiger partial charge < -0.3 is 9.64 Å². The van der Waals surface area contributed by atoms with Crippen LogP contribution in [0.2, 0.25) is 0 Å². The van der Waals surface area contributed by atoms with Gasteiger partial charge in [-0.3, -0.25) is 0 Å². The van der Waals surface area contributed by atoms with E-state index in [0.717, 1.165) is 12.8 Å². The highest BCUT2D eigenvalue weighted by molar-refractivity contribution is 7.87. The lowest BCUT2D eigenvalue weighted by molar-refractivity contribution is 0.0185. The number of amides is 1. The van der Waals surface area contributed by atoms with Crippen LogP contribution in [0.5, 0.6) is 0 Å². The molecule has 1 heterocycles. The van der Waals surface area contributed by atoms with Crippen LogP contribution in [0.3, 0.4) is 0 Å². The predicted molar refractivity (Wildman–Crippen MR) is 71.6 cm³/mol. The molecule has 1 amide bonds. The molecule has 1 saturated heterocycles. The van der Waals surface area contributed by atoms with E-state index < -0.39 is 15.8 Å². The van der Waals surface area contributed by atoms with Gasteiger partial charge in [-0.15, -0.1) is 0 Å². The van der Waals surface area contributed by atoms with Crippen molar-refractivity contribution in [2.45, 2.75) is 39.2 Å². The minimum Gasteiger partial charge on any atom is -0.444 e. The van der Waals surface area contributed by atoms with Gasteiger partial charge in [-0.1, -0.05) is 0 Å². The van der Waals surface area contributed by atoms with Gasteiger partial charge in [-0.05, 0) is 39.5 Å². The molecular weight excluding hydrogens is 270 g/mol. The lowest BCUT2D eigenvalue weighted by Gasteiger charge is -2.33. The Morgan fingerprint density at radius 1 is 1.37 bits per heavy atom. The number of rotatable bonds is 3. The molecule has 0 bridgehead atoms. The van der Waals surface area contributed by atoms with Gasteiger partial charge in [0.05, 0.1) is 0 Å². The molecule has 0 aromatic rings. The third kappa shape index (κ3) is 6.74. The Balaban J connectivity index is 2.35. The average Bonchev–Trinajstić information content (AvgIpc) is 2.23. The molecule has 112 valence electrons. The summed E-state index contributed by atoms with van der Waals surface area (Å²) in [7, 11) is -3.63. The standard InChI is InChI=1S/C11H23N3O4S/c1-11(2,3)18-10(15)14-6-4-9(5-7-14)8-13-19(12,16)17/h9,13H,4-8H2,1-3H3,(H2,12,16,17). The van der Waals surface area contributed by atoms with Gasteiger partial charge in [-0.25, -0.2) is 14.7 Å². The van der Waals surface area contributed by atoms with Gasteiger partial charge in [-0.2, -0.15) is 8.42 Å². The van der Waals surface area contributed by atoms with Crippen LogP contribution in [0.1, 0.15) is 33.6 Å². The summed E-state index contributed by atoms with van der Waals surface area (Å²) in [4.78, 5) is 13.5. The van der Waals surface area contributed by atoms with Crippen molar-refractivity contribution in [3.63, 3.8) is 0 Å². The number of hydrogen-bond acceptors (Lipinski definition) is 4. The van der Waals surface area contributed by atoms with Crippen molar-refractivity contribution >= 4 is 16.3 Å². The first-order chi connectivity index (χ1) is 8.57. The largest absolute Gasteiger partial charge is 0.444 e. The first-order valence-electron chi connectivity index (χ1n) is 6.32. The molecule has 7 nitrogen and oxygen atoms in total. The molecule has 0 radical (unpaired) electrons. The van der Waals surface area contributed by atoms with Crippen LogP contribution in [0, 0.1) is 5.92 Å². The summed E-state index contributed by atoms with van der Waals surface area (Å²) in [6.45, 7) is 6.95. The number of carbonyl (C=O) groups is 1. The molecule has 1 fully saturated rings. The van der Waals surface area contributed by atoms with Crippen molar-refractivity contribution in [2.75, 3.05) is 19.6 Å². The van der Waals surface area contributed by atoms with Crippen molar-refractivity contribution in [1.82, 2.24) is 9.62 Å². The molecule has 19 heavy (non-hydrogen) atoms. The Morgan fingerprint density at radius 3 is 2.32 bits per heavy atom. The van der Waals surface area contributed by atoms with Gasteiger partial charge in [0.25, 0.3) is 10.2 Å². The lowest BCUT2D eigenvalue weighted by Crippen LogP contribution is -2.44. The molecule has 8 heteroatoms. The normalized spacial score (nSPS) is 18.4. The summed E-state index contributed by atoms with van der Waals surface area (Å²) in [5, 5.41) is 4.87. The Kier molecular flexibility index (Phi) is 5.17. The second-order valence-corrected chi connectivity index (χ2v) is 7.18. The maximum absolute atomic E-state index is 11.8. The molecule has 1 aliphatic rings. The molecule has 0 atom stereocenters. The summed E-state index contributed by atoms with van der Waals surface area (Å²) in [6, 6.07) is 0. The SMILES string of the molecule is CC(C)(C)OC(=O)N1CCC(CNS(N)(=O)=O)CC1. The van der Waals surface area contributed by atoms with Gasteiger partial charge in [0, 0.05) is 19.6 Å². The zero-order chi connectivity index (χ0) is 14.7. The van der Waals surface area contributed by atoms with E-state index in [0.29, 0.717) is 19.6 Å². The van der Waals surface area contributed by atoms with Crippen molar-refractivity contribution in [1.29, 1.82) is 0 Å². The number of piperidine rings is 1. The molecule has 0 aliphatic carbocycles. The minimum absolute atomic E-state index is 0.206. The predicted octanol–water partition coefficient (Wildman–Crippen LogP) is 0.427. The summed E-state index contributed by atoms with van der Waals surface area (Å²) in [5.74, 6) is 0.206. The fourth-order valence-electron chi connectivity index (χ4n) is 1.88. The zero-order valence-electron chi connectivity index (χ0n) is 11.7. The van der Waals surface area contributed by atoms with Crippen molar-refractivity contribution < 1.29 is 17.9 Å². The number of hydrogen-bond donors (Lipinski definition) is 2. The lowest BCUT2D eigenvalue weighted by atomic mass is 9.97. The van der Waals surface area contributed by atoms with Crippen LogP contribution in [-0.4, -0.2) is 44.6 Å². The first-order valence-corrected chi connectivity index (χ1v) is 7.87. The number of nitrogens with one attached hydrogen (secondary N) is 1. The average molecular weight is 293 g/mol. The first kappa shape index (κ1) is 16.2. The summed E-state index contributed by atoms with van der Waals surface area (Å²) in [5.41, 5.74) is -0.497. The van der Waals surface area contributed by atoms with E-state index in [1.165, 1.54) is 0 Å². The third-order valence-electron chi connectivity index (χ3n) is 2.84. The maximum atomic E-state index is 11.8. The van der Waals surface area contributed by atoms with E-state index in [9.17, 15) is 13.2 Å². The number of likely N-dealkylation sites (tertiary alicyclic amines) is 1. The highest BCUT2D eigenvalue weighted by atomic mass is 32.2. The molecule has 0 unspecified atom stereocenters. The summed E-state index contributed by atoms with van der Waals surface area (Å²) >= 11 is 0. The molecule has 0 aromatic heterocycles. The molecule has 1 rings (SSSR count). The van der Waals surface area contributed by atoms with Crippen molar-refractivity contribution in [2.24, 2.45) is 11.1 Å². The second-order valence-electron chi connectivity index (χ2n) is 5.80. The molecule has 0 aromatic carbocycles. The molecular formula is C11H23N3O4S. The highest BCUT2D eigenvalue weighted by Crippen LogP contribution is 2.19. The Hall–Kier alpha value is -0.860. The van der Waals surface area contributed by atoms with Gasteiger partial charge in [0.2, 0.25) is 0 Å². The van der Waals surface area contributed by atoms with Gasteiger partial charge >= 0.3 is 6.09 Å². The fraction of sp³-hybridized carbons (Fsp3) is 0.909. The van der Waals surface area contributed by atoms with E-state index in [4.69, 9.17) is 9.88 Å². The van der Waals surface area contributed by atoms with Gasteiger partial charge in [0.1, 0.15) is 5.60 Å². The van der Waals surface area contributed by atoms with Crippen molar-refractivity contribution in [3.05, 3.63) is 0 Å². The monoisotopic (exact) mass is 293 g/mol. The Labute approximate surface area is 114 Å². The van der Waals surface area contributed by atoms with E-state index >= 15 is 0 Å². The maximum Gasteiger partial charge on any atom is 0.410 e. The second kappa shape index (κ2) is 6.06. The van der Waals surface area contributed by atoms with Crippen LogP contribution in [0.15, 0.2) is 0 Å². The Bertz CT molecular complexity index is 408. The quantitative estimate of drug-likeness (QED) is 0.787. The molecule has 3 N–H and O–H groups in total. The summed E-state index contributed by atoms with van der Waals surface area (Å²) in [6.07, 6.45) is 1.16. The van der Waals surface area contributed by atoms with Crippen LogP contribution in [-0.2, 0) is 14.9 Å². The topological polar surface area (TPSA) is 102 Å². The number of carbonyl (C=O) groups excluding carboxylic acids is 1. The zero-order valence-corrected chi connectivity index (χ0v) is 12.5. The Morgan fingerprint density at radius 2 is 1.89 bits per heavy atom. The molecule has 0 saturated carbocycles. The van der Waals surface area contributed by atoms with Crippen LogP contribution >= 0.6 is 0 Å². The van der Waals surface area contributed by atoms with E-state index in [-0.39, 0.29) is 12.0 Å². The molecule has 1 aliphatic heterocycles. The molecule has 0 spiro atoms. The highest BCUT2D eigenvalue weighted by Gasteiger charge is 2.27. The van der Waals surface area contributed by atoms with Gasteiger partial charge in [0.15, 0.2) is 0 Å². The fourth-order valence-corrected chi connectivity index (χ4v) is 2.35. The smallest absolute Gasteiger partial charge is 0.410 e. The number of ether oxygens (including phenoxy) is 1. The number of nitrogens with two attached hydrogens (primary N) is 1. The van der Waals surface area contributed by atoms with Crippen LogP contribution in [0.25, 0.3) is 0 Å². The van der Waals surface area contributed by atoms with E-state index in [2.05, 4.69) is 4.72 Å². The number of nitrogens with zero attached hydrogens (tertiary/aromatic N) is 1. The van der Waals surface area contributed by atoms with E-state index in [1.807, 2.05) is 20.8 Å².